The molecule has 0 spiro atoms. The molecular weight excluding hydrogens is 272 g/mol. The van der Waals surface area contributed by atoms with Gasteiger partial charge in [-0.15, -0.1) is 0 Å². The normalized spacial score (nSPS) is 16.6. The second-order valence-electron chi connectivity index (χ2n) is 8.04. The lowest BCUT2D eigenvalue weighted by atomic mass is 9.82. The Bertz CT molecular complexity index is 543. The van der Waals surface area contributed by atoms with Crippen LogP contribution in [0.25, 0.3) is 0 Å². The van der Waals surface area contributed by atoms with Crippen molar-refractivity contribution in [2.24, 2.45) is 17.1 Å². The molecule has 1 amide bonds. The SMILES string of the molecule is CC(C)CC(=O)N1CCc2ccc(C(N)C(C)(C)C)cc2C1. The minimum absolute atomic E-state index is 0.0135. The van der Waals surface area contributed by atoms with Gasteiger partial charge in [-0.05, 0) is 34.4 Å². The average molecular weight is 302 g/mol. The van der Waals surface area contributed by atoms with Crippen LogP contribution in [-0.4, -0.2) is 17.4 Å². The van der Waals surface area contributed by atoms with Crippen LogP contribution >= 0.6 is 0 Å². The van der Waals surface area contributed by atoms with Crippen molar-refractivity contribution < 1.29 is 4.79 Å². The molecule has 0 saturated heterocycles. The van der Waals surface area contributed by atoms with Crippen molar-refractivity contribution in [3.05, 3.63) is 34.9 Å². The van der Waals surface area contributed by atoms with Gasteiger partial charge in [0.15, 0.2) is 0 Å². The molecule has 22 heavy (non-hydrogen) atoms. The summed E-state index contributed by atoms with van der Waals surface area (Å²) in [6.07, 6.45) is 1.58. The van der Waals surface area contributed by atoms with Crippen LogP contribution in [0.3, 0.4) is 0 Å². The topological polar surface area (TPSA) is 46.3 Å². The Labute approximate surface area is 134 Å². The monoisotopic (exact) mass is 302 g/mol. The highest BCUT2D eigenvalue weighted by Crippen LogP contribution is 2.32. The van der Waals surface area contributed by atoms with Crippen LogP contribution in [0, 0.1) is 11.3 Å². The molecule has 0 bridgehead atoms. The molecule has 0 saturated carbocycles. The zero-order chi connectivity index (χ0) is 16.5. The van der Waals surface area contributed by atoms with Gasteiger partial charge in [-0.2, -0.15) is 0 Å². The van der Waals surface area contributed by atoms with Gasteiger partial charge in [0.2, 0.25) is 5.91 Å². The third kappa shape index (κ3) is 3.89. The number of nitrogens with zero attached hydrogens (tertiary/aromatic N) is 1. The van der Waals surface area contributed by atoms with Crippen LogP contribution < -0.4 is 5.73 Å². The molecule has 0 aromatic heterocycles. The summed E-state index contributed by atoms with van der Waals surface area (Å²) in [6, 6.07) is 6.57. The molecule has 1 atom stereocenters. The molecule has 0 radical (unpaired) electrons. The van der Waals surface area contributed by atoms with Crippen molar-refractivity contribution in [1.29, 1.82) is 0 Å². The first-order chi connectivity index (χ1) is 10.2. The first kappa shape index (κ1) is 17.0. The number of hydrogen-bond donors (Lipinski definition) is 1. The number of amides is 1. The van der Waals surface area contributed by atoms with Gasteiger partial charge in [-0.1, -0.05) is 52.8 Å². The molecule has 1 heterocycles. The molecule has 0 fully saturated rings. The van der Waals surface area contributed by atoms with Crippen LogP contribution in [0.5, 0.6) is 0 Å². The Morgan fingerprint density at radius 3 is 2.55 bits per heavy atom. The molecule has 2 rings (SSSR count). The Morgan fingerprint density at radius 2 is 1.95 bits per heavy atom. The molecule has 0 aliphatic carbocycles. The molecule has 1 aromatic carbocycles. The fraction of sp³-hybridized carbons (Fsp3) is 0.632. The average Bonchev–Trinajstić information content (AvgIpc) is 2.43. The number of nitrogens with two attached hydrogens (primary N) is 1. The van der Waals surface area contributed by atoms with E-state index in [1.165, 1.54) is 16.7 Å². The molecule has 2 N–H and O–H groups in total. The van der Waals surface area contributed by atoms with E-state index in [4.69, 9.17) is 5.73 Å². The van der Waals surface area contributed by atoms with E-state index >= 15 is 0 Å². The van der Waals surface area contributed by atoms with Crippen molar-refractivity contribution in [2.45, 2.75) is 60.0 Å². The summed E-state index contributed by atoms with van der Waals surface area (Å²) in [6.45, 7) is 12.2. The Morgan fingerprint density at radius 1 is 1.27 bits per heavy atom. The highest BCUT2D eigenvalue weighted by molar-refractivity contribution is 5.76. The van der Waals surface area contributed by atoms with Crippen molar-refractivity contribution in [2.75, 3.05) is 6.54 Å². The number of rotatable bonds is 3. The smallest absolute Gasteiger partial charge is 0.223 e. The maximum Gasteiger partial charge on any atom is 0.223 e. The maximum atomic E-state index is 12.3. The van der Waals surface area contributed by atoms with E-state index < -0.39 is 0 Å². The molecule has 1 aliphatic heterocycles. The molecule has 1 unspecified atom stereocenters. The highest BCUT2D eigenvalue weighted by Gasteiger charge is 2.25. The highest BCUT2D eigenvalue weighted by atomic mass is 16.2. The first-order valence-corrected chi connectivity index (χ1v) is 8.33. The third-order valence-electron chi connectivity index (χ3n) is 4.47. The largest absolute Gasteiger partial charge is 0.338 e. The van der Waals surface area contributed by atoms with E-state index in [0.29, 0.717) is 12.3 Å². The number of carbonyl (C=O) groups is 1. The van der Waals surface area contributed by atoms with Crippen LogP contribution in [0.15, 0.2) is 18.2 Å². The number of benzene rings is 1. The predicted molar refractivity (Wildman–Crippen MR) is 91.4 cm³/mol. The minimum atomic E-state index is 0.0135. The van der Waals surface area contributed by atoms with Gasteiger partial charge in [-0.25, -0.2) is 0 Å². The second-order valence-corrected chi connectivity index (χ2v) is 8.04. The molecule has 3 nitrogen and oxygen atoms in total. The van der Waals surface area contributed by atoms with E-state index in [1.807, 2.05) is 4.90 Å². The van der Waals surface area contributed by atoms with Gasteiger partial charge in [0.1, 0.15) is 0 Å². The molecule has 1 aromatic rings. The van der Waals surface area contributed by atoms with Crippen molar-refractivity contribution in [3.63, 3.8) is 0 Å². The zero-order valence-corrected chi connectivity index (χ0v) is 14.6. The second kappa shape index (κ2) is 6.41. The number of hydrogen-bond acceptors (Lipinski definition) is 2. The van der Waals surface area contributed by atoms with Gasteiger partial charge < -0.3 is 10.6 Å². The molecule has 3 heteroatoms. The Hall–Kier alpha value is -1.35. The summed E-state index contributed by atoms with van der Waals surface area (Å²) in [5, 5.41) is 0. The summed E-state index contributed by atoms with van der Waals surface area (Å²) < 4.78 is 0. The fourth-order valence-corrected chi connectivity index (χ4v) is 2.96. The first-order valence-electron chi connectivity index (χ1n) is 8.33. The summed E-state index contributed by atoms with van der Waals surface area (Å²) in [7, 11) is 0. The molecular formula is C19H30N2O. The summed E-state index contributed by atoms with van der Waals surface area (Å²) in [5.41, 5.74) is 10.2. The molecule has 122 valence electrons. The number of carbonyl (C=O) groups excluding carboxylic acids is 1. The third-order valence-corrected chi connectivity index (χ3v) is 4.47. The lowest BCUT2D eigenvalue weighted by Gasteiger charge is -2.32. The van der Waals surface area contributed by atoms with Crippen molar-refractivity contribution >= 4 is 5.91 Å². The van der Waals surface area contributed by atoms with Gasteiger partial charge in [0.25, 0.3) is 0 Å². The molecule has 1 aliphatic rings. The lowest BCUT2D eigenvalue weighted by molar-refractivity contribution is -0.132. The van der Waals surface area contributed by atoms with Crippen LogP contribution in [0.2, 0.25) is 0 Å². The van der Waals surface area contributed by atoms with E-state index in [-0.39, 0.29) is 17.4 Å². The Balaban J connectivity index is 2.18. The van der Waals surface area contributed by atoms with E-state index in [2.05, 4.69) is 52.8 Å². The van der Waals surface area contributed by atoms with Crippen molar-refractivity contribution in [3.8, 4) is 0 Å². The summed E-state index contributed by atoms with van der Waals surface area (Å²) in [4.78, 5) is 14.3. The summed E-state index contributed by atoms with van der Waals surface area (Å²) >= 11 is 0. The number of fused-ring (bicyclic) bond motifs is 1. The van der Waals surface area contributed by atoms with Crippen LogP contribution in [-0.2, 0) is 17.8 Å². The van der Waals surface area contributed by atoms with E-state index in [1.54, 1.807) is 0 Å². The van der Waals surface area contributed by atoms with Crippen LogP contribution in [0.4, 0.5) is 0 Å². The lowest BCUT2D eigenvalue weighted by Crippen LogP contribution is -2.36. The van der Waals surface area contributed by atoms with Crippen molar-refractivity contribution in [1.82, 2.24) is 4.90 Å². The van der Waals surface area contributed by atoms with Gasteiger partial charge >= 0.3 is 0 Å². The zero-order valence-electron chi connectivity index (χ0n) is 14.6. The quantitative estimate of drug-likeness (QED) is 0.926. The minimum Gasteiger partial charge on any atom is -0.338 e. The van der Waals surface area contributed by atoms with Crippen LogP contribution in [0.1, 0.15) is 63.8 Å². The fourth-order valence-electron chi connectivity index (χ4n) is 2.96. The van der Waals surface area contributed by atoms with Gasteiger partial charge in [0, 0.05) is 25.6 Å². The standard InChI is InChI=1S/C19H30N2O/c1-13(2)10-17(22)21-9-8-14-6-7-15(11-16(14)12-21)18(20)19(3,4)5/h6-7,11,13,18H,8-10,12,20H2,1-5H3. The van der Waals surface area contributed by atoms with E-state index in [0.717, 1.165) is 19.5 Å². The predicted octanol–water partition coefficient (Wildman–Crippen LogP) is 3.66. The summed E-state index contributed by atoms with van der Waals surface area (Å²) in [5.74, 6) is 0.681. The van der Waals surface area contributed by atoms with E-state index in [9.17, 15) is 4.79 Å². The van der Waals surface area contributed by atoms with Gasteiger partial charge in [-0.3, -0.25) is 4.79 Å². The maximum absolute atomic E-state index is 12.3. The van der Waals surface area contributed by atoms with Gasteiger partial charge in [0.05, 0.1) is 0 Å². The Kier molecular flexibility index (Phi) is 4.96.